The smallest absolute Gasteiger partial charge is 0.411 e. The van der Waals surface area contributed by atoms with Crippen molar-refractivity contribution in [3.05, 3.63) is 45.0 Å². The van der Waals surface area contributed by atoms with Gasteiger partial charge in [-0.3, -0.25) is 15.1 Å². The summed E-state index contributed by atoms with van der Waals surface area (Å²) in [5.74, 6) is -1.54. The highest BCUT2D eigenvalue weighted by Gasteiger charge is 2.32. The quantitative estimate of drug-likeness (QED) is 0.409. The van der Waals surface area contributed by atoms with Crippen LogP contribution in [0, 0.1) is 6.92 Å². The van der Waals surface area contributed by atoms with Gasteiger partial charge < -0.3 is 29.8 Å². The van der Waals surface area contributed by atoms with Crippen LogP contribution in [0.4, 0.5) is 10.5 Å². The Morgan fingerprint density at radius 1 is 1.26 bits per heavy atom. The molecule has 1 aliphatic rings. The van der Waals surface area contributed by atoms with Gasteiger partial charge in [-0.15, -0.1) is 0 Å². The molecule has 0 spiro atoms. The van der Waals surface area contributed by atoms with Crippen molar-refractivity contribution in [2.75, 3.05) is 39.2 Å². The van der Waals surface area contributed by atoms with E-state index >= 15 is 0 Å². The number of aromatic nitrogens is 2. The van der Waals surface area contributed by atoms with Gasteiger partial charge in [0.05, 0.1) is 46.7 Å². The molecule has 0 radical (unpaired) electrons. The Morgan fingerprint density at radius 3 is 2.60 bits per heavy atom. The number of H-pyrrole nitrogens is 1. The number of amides is 2. The van der Waals surface area contributed by atoms with Crippen LogP contribution in [0.3, 0.4) is 0 Å². The first kappa shape index (κ1) is 26.7. The lowest BCUT2D eigenvalue weighted by Gasteiger charge is -2.38. The van der Waals surface area contributed by atoms with Gasteiger partial charge in [0.2, 0.25) is 0 Å². The number of carboxylic acid groups (broad SMARTS) is 1. The summed E-state index contributed by atoms with van der Waals surface area (Å²) in [6.45, 7) is 3.43. The third-order valence-electron chi connectivity index (χ3n) is 5.90. The first-order chi connectivity index (χ1) is 16.7. The summed E-state index contributed by atoms with van der Waals surface area (Å²) >= 11 is 12.2. The van der Waals surface area contributed by atoms with Crippen molar-refractivity contribution in [3.63, 3.8) is 0 Å². The van der Waals surface area contributed by atoms with E-state index in [9.17, 15) is 19.5 Å². The fourth-order valence-corrected chi connectivity index (χ4v) is 4.45. The van der Waals surface area contributed by atoms with E-state index in [4.69, 9.17) is 27.9 Å². The second-order valence-electron chi connectivity index (χ2n) is 8.09. The maximum atomic E-state index is 12.7. The van der Waals surface area contributed by atoms with Crippen LogP contribution in [-0.2, 0) is 15.9 Å². The fraction of sp³-hybridized carbons (Fsp3) is 0.455. The number of pyridine rings is 1. The SMILES string of the molecule is COC(=O)Nc1cncc(CCN2CCC(NC(=O)c3[nH]c(C)c(Cl)c3Cl)C(OC)C2)c1C(=O)O. The highest BCUT2D eigenvalue weighted by molar-refractivity contribution is 6.44. The number of methoxy groups -OCH3 is 2. The van der Waals surface area contributed by atoms with E-state index in [1.54, 1.807) is 14.0 Å². The molecular weight excluding hydrogens is 501 g/mol. The molecule has 1 aliphatic heterocycles. The molecule has 2 aromatic heterocycles. The number of nitrogens with one attached hydrogen (secondary N) is 3. The number of carbonyl (C=O) groups excluding carboxylic acids is 2. The predicted molar refractivity (Wildman–Crippen MR) is 130 cm³/mol. The van der Waals surface area contributed by atoms with Gasteiger partial charge in [0.15, 0.2) is 0 Å². The van der Waals surface area contributed by atoms with Crippen molar-refractivity contribution in [2.45, 2.75) is 31.9 Å². The predicted octanol–water partition coefficient (Wildman–Crippen LogP) is 2.96. The zero-order valence-corrected chi connectivity index (χ0v) is 21.0. The molecule has 2 amide bonds. The molecule has 0 aromatic carbocycles. The standard InChI is InChI=1S/C22H27Cl2N5O6/c1-11-17(23)18(24)19(26-11)20(30)27-13-5-7-29(10-15(13)34-2)6-4-12-8-25-9-14(16(12)21(31)32)28-22(33)35-3/h8-9,13,15,26H,4-7,10H2,1-3H3,(H,27,30)(H,28,33)(H,31,32). The minimum atomic E-state index is -1.18. The molecule has 1 saturated heterocycles. The summed E-state index contributed by atoms with van der Waals surface area (Å²) in [5, 5.41) is 15.5. The van der Waals surface area contributed by atoms with Crippen molar-refractivity contribution >= 4 is 46.9 Å². The molecule has 2 atom stereocenters. The summed E-state index contributed by atoms with van der Waals surface area (Å²) in [4.78, 5) is 45.2. The number of aromatic carboxylic acids is 1. The second-order valence-corrected chi connectivity index (χ2v) is 8.85. The molecule has 0 bridgehead atoms. The van der Waals surface area contributed by atoms with Crippen molar-refractivity contribution in [1.82, 2.24) is 20.2 Å². The number of likely N-dealkylation sites (tertiary alicyclic amines) is 1. The summed E-state index contributed by atoms with van der Waals surface area (Å²) in [6, 6.07) is -0.244. The normalized spacial score (nSPS) is 18.2. The zero-order chi connectivity index (χ0) is 25.7. The second kappa shape index (κ2) is 11.7. The van der Waals surface area contributed by atoms with Gasteiger partial charge >= 0.3 is 12.1 Å². The lowest BCUT2D eigenvalue weighted by Crippen LogP contribution is -2.55. The van der Waals surface area contributed by atoms with Crippen molar-refractivity contribution < 1.29 is 29.0 Å². The number of nitrogens with zero attached hydrogens (tertiary/aromatic N) is 2. The Labute approximate surface area is 212 Å². The van der Waals surface area contributed by atoms with Gasteiger partial charge in [-0.25, -0.2) is 9.59 Å². The van der Waals surface area contributed by atoms with Crippen LogP contribution in [0.2, 0.25) is 10.0 Å². The van der Waals surface area contributed by atoms with Crippen molar-refractivity contribution in [2.24, 2.45) is 0 Å². The van der Waals surface area contributed by atoms with E-state index in [1.165, 1.54) is 19.5 Å². The lowest BCUT2D eigenvalue weighted by molar-refractivity contribution is 0.00671. The molecule has 2 aromatic rings. The maximum Gasteiger partial charge on any atom is 0.411 e. The number of hydrogen-bond acceptors (Lipinski definition) is 7. The van der Waals surface area contributed by atoms with E-state index in [-0.39, 0.29) is 40.0 Å². The van der Waals surface area contributed by atoms with Crippen molar-refractivity contribution in [3.8, 4) is 0 Å². The first-order valence-corrected chi connectivity index (χ1v) is 11.6. The molecule has 2 unspecified atom stereocenters. The van der Waals surface area contributed by atoms with E-state index < -0.39 is 12.1 Å². The molecular formula is C22H27Cl2N5O6. The van der Waals surface area contributed by atoms with Crippen LogP contribution in [0.1, 0.15) is 38.5 Å². The molecule has 1 fully saturated rings. The summed E-state index contributed by atoms with van der Waals surface area (Å²) in [6.07, 6.45) is 2.67. The Bertz CT molecular complexity index is 1110. The van der Waals surface area contributed by atoms with Gasteiger partial charge in [-0.05, 0) is 25.3 Å². The summed E-state index contributed by atoms with van der Waals surface area (Å²) in [7, 11) is 2.76. The molecule has 0 saturated carbocycles. The van der Waals surface area contributed by atoms with Crippen LogP contribution in [0.15, 0.2) is 12.4 Å². The largest absolute Gasteiger partial charge is 0.478 e. The molecule has 13 heteroatoms. The number of hydrogen-bond donors (Lipinski definition) is 4. The van der Waals surface area contributed by atoms with Crippen LogP contribution < -0.4 is 10.6 Å². The fourth-order valence-electron chi connectivity index (χ4n) is 4.04. The number of carboxylic acids is 1. The van der Waals surface area contributed by atoms with Crippen LogP contribution in [0.25, 0.3) is 0 Å². The van der Waals surface area contributed by atoms with Gasteiger partial charge in [0.1, 0.15) is 5.69 Å². The Morgan fingerprint density at radius 2 is 2.00 bits per heavy atom. The van der Waals surface area contributed by atoms with Crippen LogP contribution in [0.5, 0.6) is 0 Å². The molecule has 0 aliphatic carbocycles. The highest BCUT2D eigenvalue weighted by Crippen LogP contribution is 2.29. The van der Waals surface area contributed by atoms with E-state index in [2.05, 4.69) is 30.2 Å². The van der Waals surface area contributed by atoms with Gasteiger partial charge in [-0.2, -0.15) is 0 Å². The summed E-state index contributed by atoms with van der Waals surface area (Å²) < 4.78 is 10.2. The van der Waals surface area contributed by atoms with Crippen LogP contribution >= 0.6 is 23.2 Å². The summed E-state index contributed by atoms with van der Waals surface area (Å²) in [5.41, 5.74) is 1.33. The minimum absolute atomic E-state index is 0.0346. The molecule has 35 heavy (non-hydrogen) atoms. The third kappa shape index (κ3) is 6.23. The number of aryl methyl sites for hydroxylation is 1. The first-order valence-electron chi connectivity index (χ1n) is 10.8. The number of rotatable bonds is 8. The average Bonchev–Trinajstić information content (AvgIpc) is 3.10. The molecule has 3 heterocycles. The Hall–Kier alpha value is -2.86. The number of piperidine rings is 1. The lowest BCUT2D eigenvalue weighted by atomic mass is 10.00. The van der Waals surface area contributed by atoms with Crippen molar-refractivity contribution in [1.29, 1.82) is 0 Å². The monoisotopic (exact) mass is 527 g/mol. The number of carbonyl (C=O) groups is 3. The number of halogens is 2. The number of aromatic amines is 1. The van der Waals surface area contributed by atoms with Gasteiger partial charge in [0, 0.05) is 38.6 Å². The maximum absolute atomic E-state index is 12.7. The van der Waals surface area contributed by atoms with E-state index in [0.29, 0.717) is 48.8 Å². The molecule has 11 nitrogen and oxygen atoms in total. The average molecular weight is 528 g/mol. The van der Waals surface area contributed by atoms with Crippen LogP contribution in [-0.4, -0.2) is 83.9 Å². The highest BCUT2D eigenvalue weighted by atomic mass is 35.5. The molecule has 4 N–H and O–H groups in total. The minimum Gasteiger partial charge on any atom is -0.478 e. The molecule has 3 rings (SSSR count). The topological polar surface area (TPSA) is 146 Å². The van der Waals surface area contributed by atoms with Gasteiger partial charge in [-0.1, -0.05) is 23.2 Å². The zero-order valence-electron chi connectivity index (χ0n) is 19.5. The Balaban J connectivity index is 1.64. The van der Waals surface area contributed by atoms with E-state index in [1.807, 2.05) is 0 Å². The third-order valence-corrected chi connectivity index (χ3v) is 6.85. The number of ether oxygens (including phenoxy) is 2. The van der Waals surface area contributed by atoms with E-state index in [0.717, 1.165) is 0 Å². The number of anilines is 1. The van der Waals surface area contributed by atoms with Gasteiger partial charge in [0.25, 0.3) is 5.91 Å². The Kier molecular flexibility index (Phi) is 8.95. The molecule has 190 valence electrons.